The maximum absolute atomic E-state index is 12.0. The summed E-state index contributed by atoms with van der Waals surface area (Å²) in [5, 5.41) is 3.03. The third kappa shape index (κ3) is 3.80. The van der Waals surface area contributed by atoms with Crippen LogP contribution in [0.1, 0.15) is 44.0 Å². The average Bonchev–Trinajstić information content (AvgIpc) is 2.31. The van der Waals surface area contributed by atoms with E-state index in [4.69, 9.17) is 0 Å². The van der Waals surface area contributed by atoms with Crippen LogP contribution < -0.4 is 5.32 Å². The lowest BCUT2D eigenvalue weighted by molar-refractivity contribution is 0.0924. The van der Waals surface area contributed by atoms with Crippen molar-refractivity contribution in [2.45, 2.75) is 39.7 Å². The van der Waals surface area contributed by atoms with E-state index >= 15 is 0 Å². The van der Waals surface area contributed by atoms with Crippen LogP contribution in [0.3, 0.4) is 0 Å². The van der Waals surface area contributed by atoms with Crippen molar-refractivity contribution in [3.05, 3.63) is 28.5 Å². The second-order valence-corrected chi connectivity index (χ2v) is 4.93. The summed E-state index contributed by atoms with van der Waals surface area (Å²) in [4.78, 5) is 16.1. The van der Waals surface area contributed by atoms with Gasteiger partial charge in [-0.2, -0.15) is 0 Å². The predicted octanol–water partition coefficient (Wildman–Crippen LogP) is 3.40. The van der Waals surface area contributed by atoms with E-state index in [1.807, 2.05) is 0 Å². The maximum Gasteiger partial charge on any atom is 0.254 e. The first kappa shape index (κ1) is 14.2. The Morgan fingerprint density at radius 1 is 1.47 bits per heavy atom. The topological polar surface area (TPSA) is 42.0 Å². The van der Waals surface area contributed by atoms with Crippen LogP contribution in [0.4, 0.5) is 0 Å². The monoisotopic (exact) mass is 298 g/mol. The lowest BCUT2D eigenvalue weighted by atomic mass is 9.95. The van der Waals surface area contributed by atoms with Crippen LogP contribution in [0.2, 0.25) is 0 Å². The van der Waals surface area contributed by atoms with Crippen molar-refractivity contribution in [1.82, 2.24) is 10.3 Å². The molecule has 0 spiro atoms. The van der Waals surface area contributed by atoms with E-state index in [-0.39, 0.29) is 11.9 Å². The number of hydrogen-bond acceptors (Lipinski definition) is 2. The molecule has 1 heterocycles. The van der Waals surface area contributed by atoms with Gasteiger partial charge in [-0.25, -0.2) is 4.98 Å². The minimum Gasteiger partial charge on any atom is -0.349 e. The zero-order valence-electron chi connectivity index (χ0n) is 10.5. The summed E-state index contributed by atoms with van der Waals surface area (Å²) in [6, 6.07) is 3.72. The van der Waals surface area contributed by atoms with Crippen molar-refractivity contribution >= 4 is 21.8 Å². The summed E-state index contributed by atoms with van der Waals surface area (Å²) >= 11 is 3.29. The summed E-state index contributed by atoms with van der Waals surface area (Å²) in [7, 11) is 0. The first-order chi connectivity index (χ1) is 8.10. The van der Waals surface area contributed by atoms with E-state index < -0.39 is 0 Å². The van der Waals surface area contributed by atoms with Crippen LogP contribution in [0.25, 0.3) is 0 Å². The van der Waals surface area contributed by atoms with Crippen LogP contribution >= 0.6 is 15.9 Å². The normalized spacial score (nSPS) is 12.5. The Morgan fingerprint density at radius 2 is 2.12 bits per heavy atom. The van der Waals surface area contributed by atoms with Gasteiger partial charge in [0, 0.05) is 12.2 Å². The van der Waals surface area contributed by atoms with E-state index in [0.29, 0.717) is 16.1 Å². The molecule has 1 rings (SSSR count). The van der Waals surface area contributed by atoms with Gasteiger partial charge in [0.1, 0.15) is 4.60 Å². The highest BCUT2D eigenvalue weighted by atomic mass is 79.9. The largest absolute Gasteiger partial charge is 0.349 e. The third-order valence-electron chi connectivity index (χ3n) is 3.12. The van der Waals surface area contributed by atoms with Crippen molar-refractivity contribution in [3.8, 4) is 0 Å². The van der Waals surface area contributed by atoms with Gasteiger partial charge in [0.25, 0.3) is 5.91 Å². The molecule has 0 aliphatic rings. The SMILES string of the molecule is CCC(CC)C(C)NC(=O)c1cccnc1Br. The molecule has 94 valence electrons. The molecule has 0 saturated carbocycles. The lowest BCUT2D eigenvalue weighted by Gasteiger charge is -2.22. The summed E-state index contributed by atoms with van der Waals surface area (Å²) in [5.74, 6) is 0.457. The molecule has 1 aromatic heterocycles. The highest BCUT2D eigenvalue weighted by Crippen LogP contribution is 2.16. The smallest absolute Gasteiger partial charge is 0.254 e. The fourth-order valence-corrected chi connectivity index (χ4v) is 2.38. The van der Waals surface area contributed by atoms with E-state index in [0.717, 1.165) is 12.8 Å². The molecule has 0 aromatic carbocycles. The number of halogens is 1. The van der Waals surface area contributed by atoms with Gasteiger partial charge < -0.3 is 5.32 Å². The van der Waals surface area contributed by atoms with Crippen molar-refractivity contribution in [2.75, 3.05) is 0 Å². The van der Waals surface area contributed by atoms with E-state index in [1.54, 1.807) is 18.3 Å². The second-order valence-electron chi connectivity index (χ2n) is 4.18. The van der Waals surface area contributed by atoms with Crippen LogP contribution in [-0.4, -0.2) is 16.9 Å². The van der Waals surface area contributed by atoms with Gasteiger partial charge in [0.05, 0.1) is 5.56 Å². The van der Waals surface area contributed by atoms with Crippen molar-refractivity contribution in [2.24, 2.45) is 5.92 Å². The molecule has 1 atom stereocenters. The fraction of sp³-hybridized carbons (Fsp3) is 0.538. The lowest BCUT2D eigenvalue weighted by Crippen LogP contribution is -2.37. The molecule has 1 amide bonds. The summed E-state index contributed by atoms with van der Waals surface area (Å²) in [5.41, 5.74) is 0.588. The number of hydrogen-bond donors (Lipinski definition) is 1. The van der Waals surface area contributed by atoms with Crippen molar-refractivity contribution < 1.29 is 4.79 Å². The number of nitrogens with one attached hydrogen (secondary N) is 1. The predicted molar refractivity (Wildman–Crippen MR) is 72.9 cm³/mol. The molecular weight excluding hydrogens is 280 g/mol. The van der Waals surface area contributed by atoms with Crippen LogP contribution in [-0.2, 0) is 0 Å². The minimum atomic E-state index is -0.0654. The van der Waals surface area contributed by atoms with Gasteiger partial charge in [-0.05, 0) is 40.9 Å². The average molecular weight is 299 g/mol. The van der Waals surface area contributed by atoms with Gasteiger partial charge in [-0.15, -0.1) is 0 Å². The molecule has 0 aliphatic heterocycles. The minimum absolute atomic E-state index is 0.0654. The zero-order valence-corrected chi connectivity index (χ0v) is 12.1. The number of carbonyl (C=O) groups is 1. The molecule has 0 fully saturated rings. The molecule has 3 nitrogen and oxygen atoms in total. The summed E-state index contributed by atoms with van der Waals surface area (Å²) < 4.78 is 0.592. The molecule has 1 aromatic rings. The zero-order chi connectivity index (χ0) is 12.8. The van der Waals surface area contributed by atoms with Gasteiger partial charge in [0.15, 0.2) is 0 Å². The molecule has 0 bridgehead atoms. The fourth-order valence-electron chi connectivity index (χ4n) is 1.95. The highest BCUT2D eigenvalue weighted by Gasteiger charge is 2.18. The van der Waals surface area contributed by atoms with E-state index in [9.17, 15) is 4.79 Å². The second kappa shape index (κ2) is 6.74. The molecule has 0 radical (unpaired) electrons. The molecular formula is C13H19BrN2O. The number of nitrogens with zero attached hydrogens (tertiary/aromatic N) is 1. The van der Waals surface area contributed by atoms with Crippen LogP contribution in [0.15, 0.2) is 22.9 Å². The quantitative estimate of drug-likeness (QED) is 0.847. The molecule has 1 unspecified atom stereocenters. The first-order valence-electron chi connectivity index (χ1n) is 6.01. The maximum atomic E-state index is 12.0. The Kier molecular flexibility index (Phi) is 5.62. The number of aromatic nitrogens is 1. The Balaban J connectivity index is 2.70. The van der Waals surface area contributed by atoms with Crippen LogP contribution in [0, 0.1) is 5.92 Å². The number of pyridine rings is 1. The number of carbonyl (C=O) groups excluding carboxylic acids is 1. The summed E-state index contributed by atoms with van der Waals surface area (Å²) in [6.07, 6.45) is 3.81. The molecule has 1 N–H and O–H groups in total. The van der Waals surface area contributed by atoms with Crippen molar-refractivity contribution in [1.29, 1.82) is 0 Å². The van der Waals surface area contributed by atoms with Gasteiger partial charge in [-0.1, -0.05) is 26.7 Å². The molecule has 17 heavy (non-hydrogen) atoms. The van der Waals surface area contributed by atoms with Gasteiger partial charge in [-0.3, -0.25) is 4.79 Å². The number of amides is 1. The van der Waals surface area contributed by atoms with Gasteiger partial charge in [0.2, 0.25) is 0 Å². The van der Waals surface area contributed by atoms with E-state index in [1.165, 1.54) is 0 Å². The standard InChI is InChI=1S/C13H19BrN2O/c1-4-10(5-2)9(3)16-13(17)11-7-6-8-15-12(11)14/h6-10H,4-5H2,1-3H3,(H,16,17). The Morgan fingerprint density at radius 3 is 2.65 bits per heavy atom. The first-order valence-corrected chi connectivity index (χ1v) is 6.80. The number of rotatable bonds is 5. The highest BCUT2D eigenvalue weighted by molar-refractivity contribution is 9.10. The Bertz CT molecular complexity index is 377. The third-order valence-corrected chi connectivity index (χ3v) is 3.75. The molecule has 0 aliphatic carbocycles. The van der Waals surface area contributed by atoms with E-state index in [2.05, 4.69) is 47.0 Å². The molecule has 4 heteroatoms. The molecule has 0 saturated heterocycles. The Hall–Kier alpha value is -0.900. The van der Waals surface area contributed by atoms with Gasteiger partial charge >= 0.3 is 0 Å². The van der Waals surface area contributed by atoms with Crippen molar-refractivity contribution in [3.63, 3.8) is 0 Å². The van der Waals surface area contributed by atoms with Crippen LogP contribution in [0.5, 0.6) is 0 Å². The summed E-state index contributed by atoms with van der Waals surface area (Å²) in [6.45, 7) is 6.35. The Labute approximate surface area is 111 Å².